The number of esters is 1. The van der Waals surface area contributed by atoms with Crippen molar-refractivity contribution in [2.24, 2.45) is 5.92 Å². The lowest BCUT2D eigenvalue weighted by molar-refractivity contribution is -0.134. The second-order valence-corrected chi connectivity index (χ2v) is 9.11. The van der Waals surface area contributed by atoms with Gasteiger partial charge >= 0.3 is 5.97 Å². The maximum atomic E-state index is 13.8. The van der Waals surface area contributed by atoms with Crippen LogP contribution in [0.4, 0.5) is 8.78 Å². The lowest BCUT2D eigenvalue weighted by Crippen LogP contribution is -2.11. The van der Waals surface area contributed by atoms with Crippen molar-refractivity contribution in [2.75, 3.05) is 0 Å². The van der Waals surface area contributed by atoms with Crippen molar-refractivity contribution < 1.29 is 18.3 Å². The first-order chi connectivity index (χ1) is 12.9. The predicted octanol–water partition coefficient (Wildman–Crippen LogP) is 7.54. The number of carbonyl (C=O) groups is 1. The van der Waals surface area contributed by atoms with Crippen LogP contribution >= 0.6 is 22.6 Å². The number of rotatable bonds is 13. The second-order valence-electron chi connectivity index (χ2n) is 7.35. The van der Waals surface area contributed by atoms with Crippen LogP contribution in [0, 0.1) is 24.5 Å². The van der Waals surface area contributed by atoms with Crippen molar-refractivity contribution in [2.45, 2.75) is 88.9 Å². The van der Waals surface area contributed by atoms with Gasteiger partial charge in [0.25, 0.3) is 0 Å². The Morgan fingerprint density at radius 1 is 1.00 bits per heavy atom. The minimum atomic E-state index is -1.09. The fourth-order valence-electron chi connectivity index (χ4n) is 3.34. The Kier molecular flexibility index (Phi) is 12.1. The standard InChI is InChI=1S/C22H33F2IO2/c1-4-8-17(10-6-12-18(25)9-5-2)11-7-13-20(26)27-19-15-14-16(3)21(23)22(19)24/h14-15,17-18H,4-13H2,1-3H3. The van der Waals surface area contributed by atoms with Gasteiger partial charge in [-0.25, -0.2) is 4.39 Å². The highest BCUT2D eigenvalue weighted by Gasteiger charge is 2.16. The van der Waals surface area contributed by atoms with Gasteiger partial charge in [-0.1, -0.05) is 74.6 Å². The fourth-order valence-corrected chi connectivity index (χ4v) is 4.41. The van der Waals surface area contributed by atoms with Gasteiger partial charge in [0.2, 0.25) is 5.82 Å². The lowest BCUT2D eigenvalue weighted by Gasteiger charge is -2.17. The fraction of sp³-hybridized carbons (Fsp3) is 0.682. The molecule has 0 aliphatic rings. The molecule has 0 heterocycles. The Balaban J connectivity index is 2.37. The van der Waals surface area contributed by atoms with E-state index in [0.29, 0.717) is 5.92 Å². The summed E-state index contributed by atoms with van der Waals surface area (Å²) in [6.45, 7) is 5.89. The molecule has 0 saturated carbocycles. The number of benzene rings is 1. The minimum Gasteiger partial charge on any atom is -0.423 e. The Bertz CT molecular complexity index is 578. The predicted molar refractivity (Wildman–Crippen MR) is 116 cm³/mol. The highest BCUT2D eigenvalue weighted by molar-refractivity contribution is 14.1. The first-order valence-electron chi connectivity index (χ1n) is 10.2. The van der Waals surface area contributed by atoms with Crippen molar-refractivity contribution in [3.63, 3.8) is 0 Å². The zero-order valence-corrected chi connectivity index (χ0v) is 19.0. The zero-order valence-electron chi connectivity index (χ0n) is 16.8. The summed E-state index contributed by atoms with van der Waals surface area (Å²) in [5.74, 6) is -2.24. The molecule has 5 heteroatoms. The molecule has 2 nitrogen and oxygen atoms in total. The number of alkyl halides is 1. The molecule has 0 bridgehead atoms. The molecule has 27 heavy (non-hydrogen) atoms. The van der Waals surface area contributed by atoms with Crippen LogP contribution in [-0.2, 0) is 4.79 Å². The van der Waals surface area contributed by atoms with E-state index >= 15 is 0 Å². The topological polar surface area (TPSA) is 26.3 Å². The third-order valence-corrected chi connectivity index (χ3v) is 6.13. The first-order valence-corrected chi connectivity index (χ1v) is 11.4. The number of ether oxygens (including phenoxy) is 1. The Hall–Kier alpha value is -0.720. The maximum Gasteiger partial charge on any atom is 0.311 e. The van der Waals surface area contributed by atoms with Crippen LogP contribution in [0.2, 0.25) is 0 Å². The van der Waals surface area contributed by atoms with Crippen molar-refractivity contribution >= 4 is 28.6 Å². The molecule has 0 N–H and O–H groups in total. The molecule has 0 amide bonds. The van der Waals surface area contributed by atoms with E-state index in [-0.39, 0.29) is 17.7 Å². The molecule has 0 spiro atoms. The van der Waals surface area contributed by atoms with E-state index in [2.05, 4.69) is 36.4 Å². The van der Waals surface area contributed by atoms with Crippen LogP contribution in [0.3, 0.4) is 0 Å². The Labute approximate surface area is 176 Å². The highest BCUT2D eigenvalue weighted by atomic mass is 127. The summed E-state index contributed by atoms with van der Waals surface area (Å²) < 4.78 is 33.1. The molecule has 0 radical (unpaired) electrons. The molecule has 0 fully saturated rings. The van der Waals surface area contributed by atoms with Crippen LogP contribution in [0.1, 0.15) is 83.6 Å². The SMILES string of the molecule is CCCC(I)CCCC(CCC)CCCC(=O)Oc1ccc(C)c(F)c1F. The van der Waals surface area contributed by atoms with Gasteiger partial charge < -0.3 is 4.74 Å². The van der Waals surface area contributed by atoms with Gasteiger partial charge in [0.1, 0.15) is 0 Å². The van der Waals surface area contributed by atoms with E-state index in [1.165, 1.54) is 57.6 Å². The Morgan fingerprint density at radius 2 is 1.67 bits per heavy atom. The van der Waals surface area contributed by atoms with E-state index in [0.717, 1.165) is 23.2 Å². The number of carbonyl (C=O) groups excluding carboxylic acids is 1. The van der Waals surface area contributed by atoms with E-state index < -0.39 is 17.6 Å². The lowest BCUT2D eigenvalue weighted by atomic mass is 9.91. The van der Waals surface area contributed by atoms with Crippen LogP contribution < -0.4 is 4.74 Å². The molecule has 0 aliphatic carbocycles. The molecule has 0 aromatic heterocycles. The average Bonchev–Trinajstić information content (AvgIpc) is 2.62. The summed E-state index contributed by atoms with van der Waals surface area (Å²) in [5, 5.41) is 0. The normalized spacial score (nSPS) is 13.4. The van der Waals surface area contributed by atoms with Crippen LogP contribution in [0.15, 0.2) is 12.1 Å². The number of aryl methyl sites for hydroxylation is 1. The monoisotopic (exact) mass is 494 g/mol. The van der Waals surface area contributed by atoms with E-state index in [4.69, 9.17) is 4.74 Å². The van der Waals surface area contributed by atoms with Crippen molar-refractivity contribution in [3.05, 3.63) is 29.3 Å². The molecule has 2 unspecified atom stereocenters. The van der Waals surface area contributed by atoms with Gasteiger partial charge in [0, 0.05) is 10.3 Å². The summed E-state index contributed by atoms with van der Waals surface area (Å²) in [5.41, 5.74) is 0.197. The van der Waals surface area contributed by atoms with Crippen LogP contribution in [-0.4, -0.2) is 9.89 Å². The summed E-state index contributed by atoms with van der Waals surface area (Å²) in [6, 6.07) is 2.72. The van der Waals surface area contributed by atoms with Gasteiger partial charge in [-0.05, 0) is 50.2 Å². The molecular formula is C22H33F2IO2. The van der Waals surface area contributed by atoms with Crippen molar-refractivity contribution in [1.82, 2.24) is 0 Å². The van der Waals surface area contributed by atoms with E-state index in [1.54, 1.807) is 0 Å². The van der Waals surface area contributed by atoms with Gasteiger partial charge in [0.15, 0.2) is 11.6 Å². The second kappa shape index (κ2) is 13.5. The number of halogens is 3. The molecule has 154 valence electrons. The summed E-state index contributed by atoms with van der Waals surface area (Å²) in [4.78, 5) is 12.0. The molecule has 1 aromatic carbocycles. The zero-order chi connectivity index (χ0) is 20.2. The van der Waals surface area contributed by atoms with Gasteiger partial charge in [-0.3, -0.25) is 4.79 Å². The molecule has 0 saturated heterocycles. The minimum absolute atomic E-state index is 0.197. The van der Waals surface area contributed by atoms with E-state index in [9.17, 15) is 13.6 Å². The summed E-state index contributed by atoms with van der Waals surface area (Å²) in [7, 11) is 0. The third-order valence-electron chi connectivity index (χ3n) is 4.89. The van der Waals surface area contributed by atoms with Gasteiger partial charge in [0.05, 0.1) is 0 Å². The van der Waals surface area contributed by atoms with Crippen molar-refractivity contribution in [3.8, 4) is 5.75 Å². The average molecular weight is 494 g/mol. The van der Waals surface area contributed by atoms with Gasteiger partial charge in [-0.15, -0.1) is 0 Å². The summed E-state index contributed by atoms with van der Waals surface area (Å²) >= 11 is 2.55. The maximum absolute atomic E-state index is 13.8. The number of hydrogen-bond acceptors (Lipinski definition) is 2. The number of hydrogen-bond donors (Lipinski definition) is 0. The van der Waals surface area contributed by atoms with Crippen LogP contribution in [0.5, 0.6) is 5.75 Å². The third kappa shape index (κ3) is 9.35. The Morgan fingerprint density at radius 3 is 2.33 bits per heavy atom. The van der Waals surface area contributed by atoms with Gasteiger partial charge in [-0.2, -0.15) is 4.39 Å². The first kappa shape index (κ1) is 24.3. The molecule has 1 aromatic rings. The van der Waals surface area contributed by atoms with Crippen molar-refractivity contribution in [1.29, 1.82) is 0 Å². The highest BCUT2D eigenvalue weighted by Crippen LogP contribution is 2.25. The molecular weight excluding hydrogens is 461 g/mol. The largest absolute Gasteiger partial charge is 0.423 e. The van der Waals surface area contributed by atoms with E-state index in [1.807, 2.05) is 0 Å². The van der Waals surface area contributed by atoms with Crippen LogP contribution in [0.25, 0.3) is 0 Å². The summed E-state index contributed by atoms with van der Waals surface area (Å²) in [6.07, 6.45) is 10.5. The molecule has 0 aliphatic heterocycles. The smallest absolute Gasteiger partial charge is 0.311 e. The quantitative estimate of drug-likeness (QED) is 0.123. The molecule has 1 rings (SSSR count). The molecule has 2 atom stereocenters.